The lowest BCUT2D eigenvalue weighted by Crippen LogP contribution is -2.01. The van der Waals surface area contributed by atoms with Gasteiger partial charge in [-0.1, -0.05) is 0 Å². The second-order valence-corrected chi connectivity index (χ2v) is 2.01. The van der Waals surface area contributed by atoms with Gasteiger partial charge >= 0.3 is 5.97 Å². The number of nitro groups is 1. The van der Waals surface area contributed by atoms with Crippen LogP contribution in [0.2, 0.25) is 0 Å². The number of benzene rings is 1. The van der Waals surface area contributed by atoms with Crippen LogP contribution in [0.4, 0.5) is 5.69 Å². The van der Waals surface area contributed by atoms with E-state index in [0.717, 1.165) is 12.1 Å². The molecule has 0 atom stereocenters. The summed E-state index contributed by atoms with van der Waals surface area (Å²) in [6.45, 7) is 0. The van der Waals surface area contributed by atoms with Crippen molar-refractivity contribution in [1.29, 1.82) is 0 Å². The minimum Gasteiger partial charge on any atom is -0.477 e. The molecule has 0 aliphatic rings. The molecule has 0 fully saturated rings. The number of aromatic carboxylic acids is 1. The molecule has 1 aromatic carbocycles. The van der Waals surface area contributed by atoms with Gasteiger partial charge in [0.15, 0.2) is 0 Å². The Hall–Kier alpha value is -1.91. The average molecular weight is 166 g/mol. The Kier molecular flexibility index (Phi) is 2.05. The van der Waals surface area contributed by atoms with Crippen LogP contribution in [-0.2, 0) is 0 Å². The van der Waals surface area contributed by atoms with Gasteiger partial charge in [0.25, 0.3) is 5.69 Å². The smallest absolute Gasteiger partial charge is 0.342 e. The number of carboxylic acids is 1. The van der Waals surface area contributed by atoms with Crippen LogP contribution in [0.25, 0.3) is 0 Å². The molecule has 1 radical (unpaired) electrons. The Bertz CT molecular complexity index is 301. The summed E-state index contributed by atoms with van der Waals surface area (Å²) in [7, 11) is 0. The Morgan fingerprint density at radius 2 is 2.33 bits per heavy atom. The quantitative estimate of drug-likeness (QED) is 0.526. The van der Waals surface area contributed by atoms with Crippen molar-refractivity contribution in [2.75, 3.05) is 0 Å². The zero-order chi connectivity index (χ0) is 9.14. The topological polar surface area (TPSA) is 80.4 Å². The van der Waals surface area contributed by atoms with E-state index >= 15 is 0 Å². The number of rotatable bonds is 2. The Morgan fingerprint density at radius 1 is 1.67 bits per heavy atom. The molecule has 12 heavy (non-hydrogen) atoms. The van der Waals surface area contributed by atoms with Gasteiger partial charge in [0.1, 0.15) is 5.56 Å². The van der Waals surface area contributed by atoms with Gasteiger partial charge in [-0.15, -0.1) is 0 Å². The Morgan fingerprint density at radius 3 is 2.75 bits per heavy atom. The number of nitro benzene ring substituents is 1. The van der Waals surface area contributed by atoms with Crippen molar-refractivity contribution in [3.05, 3.63) is 39.9 Å². The number of hydrogen-bond donors (Lipinski definition) is 1. The fourth-order valence-electron chi connectivity index (χ4n) is 0.753. The first kappa shape index (κ1) is 8.19. The van der Waals surface area contributed by atoms with E-state index in [2.05, 4.69) is 6.07 Å². The maximum absolute atomic E-state index is 10.4. The highest BCUT2D eigenvalue weighted by atomic mass is 16.6. The fraction of sp³-hybridized carbons (Fsp3) is 0. The lowest BCUT2D eigenvalue weighted by atomic mass is 10.2. The van der Waals surface area contributed by atoms with Gasteiger partial charge < -0.3 is 5.11 Å². The summed E-state index contributed by atoms with van der Waals surface area (Å²) in [4.78, 5) is 19.9. The molecule has 0 bridgehead atoms. The molecule has 0 unspecified atom stereocenters. The molecule has 0 saturated heterocycles. The fourth-order valence-corrected chi connectivity index (χ4v) is 0.753. The van der Waals surface area contributed by atoms with Crippen molar-refractivity contribution < 1.29 is 14.8 Å². The van der Waals surface area contributed by atoms with Crippen LogP contribution in [0.15, 0.2) is 18.2 Å². The first-order chi connectivity index (χ1) is 5.63. The van der Waals surface area contributed by atoms with E-state index in [1.165, 1.54) is 6.07 Å². The predicted molar refractivity (Wildman–Crippen MR) is 38.9 cm³/mol. The van der Waals surface area contributed by atoms with Crippen molar-refractivity contribution in [3.8, 4) is 0 Å². The molecule has 1 N–H and O–H groups in total. The molecule has 0 spiro atoms. The molecule has 0 saturated carbocycles. The van der Waals surface area contributed by atoms with E-state index in [-0.39, 0.29) is 5.56 Å². The van der Waals surface area contributed by atoms with Gasteiger partial charge in [0.05, 0.1) is 4.92 Å². The first-order valence-electron chi connectivity index (χ1n) is 3.00. The molecular weight excluding hydrogens is 162 g/mol. The lowest BCUT2D eigenvalue weighted by Gasteiger charge is -1.94. The van der Waals surface area contributed by atoms with Gasteiger partial charge in [0.2, 0.25) is 0 Å². The number of carbonyl (C=O) groups is 1. The van der Waals surface area contributed by atoms with Crippen LogP contribution in [0, 0.1) is 16.2 Å². The maximum Gasteiger partial charge on any atom is 0.342 e. The molecule has 5 heteroatoms. The molecule has 5 nitrogen and oxygen atoms in total. The highest BCUT2D eigenvalue weighted by Crippen LogP contribution is 2.16. The third kappa shape index (κ3) is 1.39. The summed E-state index contributed by atoms with van der Waals surface area (Å²) < 4.78 is 0. The summed E-state index contributed by atoms with van der Waals surface area (Å²) in [5.74, 6) is -1.32. The third-order valence-electron chi connectivity index (χ3n) is 1.27. The van der Waals surface area contributed by atoms with Crippen molar-refractivity contribution in [2.45, 2.75) is 0 Å². The van der Waals surface area contributed by atoms with E-state index in [9.17, 15) is 14.9 Å². The number of hydrogen-bond acceptors (Lipinski definition) is 3. The van der Waals surface area contributed by atoms with E-state index in [1.54, 1.807) is 0 Å². The van der Waals surface area contributed by atoms with Crippen LogP contribution in [0.5, 0.6) is 0 Å². The van der Waals surface area contributed by atoms with Gasteiger partial charge in [-0.3, -0.25) is 10.1 Å². The van der Waals surface area contributed by atoms with Crippen LogP contribution < -0.4 is 0 Å². The monoisotopic (exact) mass is 166 g/mol. The Labute approximate surface area is 67.4 Å². The zero-order valence-electron chi connectivity index (χ0n) is 5.85. The Balaban J connectivity index is 3.27. The summed E-state index contributed by atoms with van der Waals surface area (Å²) >= 11 is 0. The SMILES string of the molecule is O=C(O)c1c[c]ccc1[N+](=O)[O-]. The van der Waals surface area contributed by atoms with E-state index in [1.807, 2.05) is 0 Å². The van der Waals surface area contributed by atoms with E-state index < -0.39 is 16.6 Å². The first-order valence-corrected chi connectivity index (χ1v) is 3.00. The molecule has 1 aromatic rings. The molecule has 0 heterocycles. The molecule has 0 aliphatic carbocycles. The summed E-state index contributed by atoms with van der Waals surface area (Å²) in [6.07, 6.45) is 0. The highest BCUT2D eigenvalue weighted by Gasteiger charge is 2.17. The normalized spacial score (nSPS) is 9.33. The van der Waals surface area contributed by atoms with E-state index in [4.69, 9.17) is 5.11 Å². The van der Waals surface area contributed by atoms with E-state index in [0.29, 0.717) is 0 Å². The number of carboxylic acid groups (broad SMARTS) is 1. The molecule has 0 aliphatic heterocycles. The van der Waals surface area contributed by atoms with Crippen LogP contribution in [-0.4, -0.2) is 16.0 Å². The van der Waals surface area contributed by atoms with Crippen molar-refractivity contribution in [1.82, 2.24) is 0 Å². The van der Waals surface area contributed by atoms with Crippen molar-refractivity contribution in [3.63, 3.8) is 0 Å². The van der Waals surface area contributed by atoms with Crippen LogP contribution in [0.1, 0.15) is 10.4 Å². The predicted octanol–water partition coefficient (Wildman–Crippen LogP) is 1.09. The van der Waals surface area contributed by atoms with Gasteiger partial charge in [-0.2, -0.15) is 0 Å². The molecule has 0 aromatic heterocycles. The molecule has 61 valence electrons. The maximum atomic E-state index is 10.4. The summed E-state index contributed by atoms with van der Waals surface area (Å²) in [5.41, 5.74) is -0.760. The highest BCUT2D eigenvalue weighted by molar-refractivity contribution is 5.92. The molecule has 0 amide bonds. The standard InChI is InChI=1S/C7H4NO4/c9-7(10)5-3-1-2-4-6(5)8(11)12/h2-4H,(H,9,10). The van der Waals surface area contributed by atoms with Gasteiger partial charge in [0, 0.05) is 6.07 Å². The number of nitrogens with zero attached hydrogens (tertiary/aromatic N) is 1. The summed E-state index contributed by atoms with van der Waals surface area (Å²) in [5, 5.41) is 18.7. The van der Waals surface area contributed by atoms with Crippen molar-refractivity contribution >= 4 is 11.7 Å². The minimum absolute atomic E-state index is 0.345. The molecular formula is C7H4NO4. The van der Waals surface area contributed by atoms with Crippen LogP contribution >= 0.6 is 0 Å². The van der Waals surface area contributed by atoms with Gasteiger partial charge in [-0.05, 0) is 18.2 Å². The molecule has 1 rings (SSSR count). The largest absolute Gasteiger partial charge is 0.477 e. The average Bonchev–Trinajstić information content (AvgIpc) is 2.04. The minimum atomic E-state index is -1.32. The van der Waals surface area contributed by atoms with Crippen molar-refractivity contribution in [2.24, 2.45) is 0 Å². The second-order valence-electron chi connectivity index (χ2n) is 2.01. The zero-order valence-corrected chi connectivity index (χ0v) is 5.85. The third-order valence-corrected chi connectivity index (χ3v) is 1.27. The summed E-state index contributed by atoms with van der Waals surface area (Å²) in [6, 6.07) is 5.92. The van der Waals surface area contributed by atoms with Gasteiger partial charge in [-0.25, -0.2) is 4.79 Å². The lowest BCUT2D eigenvalue weighted by molar-refractivity contribution is -0.385. The van der Waals surface area contributed by atoms with Crippen LogP contribution in [0.3, 0.4) is 0 Å². The second kappa shape index (κ2) is 3.00.